The predicted octanol–water partition coefficient (Wildman–Crippen LogP) is 3.25. The average molecular weight is 425 g/mol. The molecular weight excluding hydrogens is 411 g/mol. The van der Waals surface area contributed by atoms with Crippen LogP contribution in [0.3, 0.4) is 0 Å². The molecule has 0 saturated carbocycles. The van der Waals surface area contributed by atoms with E-state index in [2.05, 4.69) is 10.2 Å². The Kier molecular flexibility index (Phi) is 4.59. The maximum Gasteiger partial charge on any atom is 0.249 e. The van der Waals surface area contributed by atoms with Crippen molar-refractivity contribution in [3.63, 3.8) is 0 Å². The second-order valence-corrected chi connectivity index (χ2v) is 8.54. The number of aromatic nitrogens is 2. The monoisotopic (exact) mass is 424 g/mol. The number of nitrogens with two attached hydrogens (primary N) is 1. The Morgan fingerprint density at radius 2 is 1.96 bits per heavy atom. The summed E-state index contributed by atoms with van der Waals surface area (Å²) in [6, 6.07) is 9.88. The number of primary sulfonamides is 1. The lowest BCUT2D eigenvalue weighted by atomic mass is 10.2. The molecule has 4 rings (SSSR count). The first-order valence-electron chi connectivity index (χ1n) is 8.00. The van der Waals surface area contributed by atoms with Crippen LogP contribution in [-0.4, -0.2) is 25.2 Å². The first-order chi connectivity index (χ1) is 12.8. The fraction of sp³-hybridized carbons (Fsp3) is 0.176. The quantitative estimate of drug-likeness (QED) is 0.689. The molecule has 0 radical (unpaired) electrons. The predicted molar refractivity (Wildman–Crippen MR) is 102 cm³/mol. The molecule has 0 atom stereocenters. The molecule has 0 saturated heterocycles. The summed E-state index contributed by atoms with van der Waals surface area (Å²) in [5.41, 5.74) is 2.44. The van der Waals surface area contributed by atoms with Gasteiger partial charge in [-0.15, -0.1) is 10.2 Å². The lowest BCUT2D eigenvalue weighted by Crippen LogP contribution is -2.20. The highest BCUT2D eigenvalue weighted by Gasteiger charge is 2.23. The van der Waals surface area contributed by atoms with Crippen LogP contribution in [-0.2, 0) is 23.0 Å². The largest absolute Gasteiger partial charge is 0.419 e. The lowest BCUT2D eigenvalue weighted by Gasteiger charge is -2.17. The standard InChI is InChI=1S/C17H14Cl2N4O3S/c18-11-2-4-13(14(19)7-11)17-22-21-16(26-17)9-23-6-5-10-1-3-12(8-15(10)23)27(20,24)25/h1-4,7-8H,5-6,9H2,(H2,20,24,25). The first-order valence-corrected chi connectivity index (χ1v) is 10.3. The van der Waals surface area contributed by atoms with Crippen molar-refractivity contribution in [3.05, 3.63) is 57.9 Å². The number of fused-ring (bicyclic) bond motifs is 1. The smallest absolute Gasteiger partial charge is 0.249 e. The maximum absolute atomic E-state index is 11.6. The number of anilines is 1. The lowest BCUT2D eigenvalue weighted by molar-refractivity contribution is 0.500. The van der Waals surface area contributed by atoms with Gasteiger partial charge in [0.25, 0.3) is 0 Å². The normalized spacial score (nSPS) is 13.8. The number of benzene rings is 2. The molecule has 1 aliphatic rings. The number of nitrogens with zero attached hydrogens (tertiary/aromatic N) is 3. The van der Waals surface area contributed by atoms with Gasteiger partial charge in [-0.25, -0.2) is 13.6 Å². The Morgan fingerprint density at radius 1 is 1.15 bits per heavy atom. The van der Waals surface area contributed by atoms with E-state index in [-0.39, 0.29) is 4.90 Å². The molecule has 2 N–H and O–H groups in total. The Labute approximate surface area is 165 Å². The Bertz CT molecular complexity index is 1130. The van der Waals surface area contributed by atoms with Crippen molar-refractivity contribution in [3.8, 4) is 11.5 Å². The second kappa shape index (κ2) is 6.79. The van der Waals surface area contributed by atoms with E-state index in [9.17, 15) is 8.42 Å². The Balaban J connectivity index is 1.60. The zero-order valence-corrected chi connectivity index (χ0v) is 16.2. The van der Waals surface area contributed by atoms with Crippen molar-refractivity contribution in [2.45, 2.75) is 17.9 Å². The second-order valence-electron chi connectivity index (χ2n) is 6.13. The molecule has 1 aromatic heterocycles. The zero-order valence-electron chi connectivity index (χ0n) is 13.9. The molecule has 0 amide bonds. The van der Waals surface area contributed by atoms with Crippen LogP contribution >= 0.6 is 23.2 Å². The molecule has 3 aromatic rings. The van der Waals surface area contributed by atoms with Crippen molar-refractivity contribution < 1.29 is 12.8 Å². The van der Waals surface area contributed by atoms with E-state index < -0.39 is 10.0 Å². The summed E-state index contributed by atoms with van der Waals surface area (Å²) < 4.78 is 29.0. The summed E-state index contributed by atoms with van der Waals surface area (Å²) in [6.07, 6.45) is 0.796. The summed E-state index contributed by atoms with van der Waals surface area (Å²) in [5.74, 6) is 0.689. The Hall–Kier alpha value is -2.13. The molecule has 2 aromatic carbocycles. The highest BCUT2D eigenvalue weighted by Crippen LogP contribution is 2.33. The van der Waals surface area contributed by atoms with E-state index in [0.29, 0.717) is 40.5 Å². The summed E-state index contributed by atoms with van der Waals surface area (Å²) in [7, 11) is -3.76. The molecule has 10 heteroatoms. The van der Waals surface area contributed by atoms with Crippen LogP contribution < -0.4 is 10.0 Å². The van der Waals surface area contributed by atoms with Crippen molar-refractivity contribution in [1.82, 2.24) is 10.2 Å². The number of sulfonamides is 1. The van der Waals surface area contributed by atoms with Crippen LogP contribution in [0.4, 0.5) is 5.69 Å². The molecule has 140 valence electrons. The molecule has 2 heterocycles. The van der Waals surface area contributed by atoms with E-state index >= 15 is 0 Å². The van der Waals surface area contributed by atoms with Crippen molar-refractivity contribution >= 4 is 38.9 Å². The van der Waals surface area contributed by atoms with Crippen molar-refractivity contribution in [2.24, 2.45) is 5.14 Å². The molecule has 7 nitrogen and oxygen atoms in total. The van der Waals surface area contributed by atoms with Gasteiger partial charge in [0.2, 0.25) is 21.8 Å². The van der Waals surface area contributed by atoms with Gasteiger partial charge in [-0.1, -0.05) is 29.3 Å². The first kappa shape index (κ1) is 18.2. The highest BCUT2D eigenvalue weighted by molar-refractivity contribution is 7.89. The molecule has 0 spiro atoms. The van der Waals surface area contributed by atoms with Crippen LogP contribution in [0.5, 0.6) is 0 Å². The van der Waals surface area contributed by atoms with Gasteiger partial charge >= 0.3 is 0 Å². The fourth-order valence-corrected chi connectivity index (χ4v) is 4.04. The van der Waals surface area contributed by atoms with E-state index in [1.54, 1.807) is 30.3 Å². The maximum atomic E-state index is 11.6. The molecule has 1 aliphatic heterocycles. The molecule has 0 bridgehead atoms. The summed E-state index contributed by atoms with van der Waals surface area (Å²) >= 11 is 12.1. The number of rotatable bonds is 4. The van der Waals surface area contributed by atoms with Gasteiger partial charge in [0.1, 0.15) is 0 Å². The highest BCUT2D eigenvalue weighted by atomic mass is 35.5. The van der Waals surface area contributed by atoms with Gasteiger partial charge < -0.3 is 9.32 Å². The third-order valence-corrected chi connectivity index (χ3v) is 5.79. The van der Waals surface area contributed by atoms with Crippen LogP contribution in [0.2, 0.25) is 10.0 Å². The van der Waals surface area contributed by atoms with Gasteiger partial charge in [0, 0.05) is 17.3 Å². The van der Waals surface area contributed by atoms with Gasteiger partial charge in [0.15, 0.2) is 0 Å². The Morgan fingerprint density at radius 3 is 2.70 bits per heavy atom. The van der Waals surface area contributed by atoms with E-state index in [0.717, 1.165) is 17.7 Å². The molecule has 0 aliphatic carbocycles. The molecule has 0 fully saturated rings. The molecule has 0 unspecified atom stereocenters. The fourth-order valence-electron chi connectivity index (χ4n) is 3.02. The molecular formula is C17H14Cl2N4O3S. The van der Waals surface area contributed by atoms with Crippen LogP contribution in [0.1, 0.15) is 11.5 Å². The third kappa shape index (κ3) is 3.66. The topological polar surface area (TPSA) is 102 Å². The number of hydrogen-bond donors (Lipinski definition) is 1. The van der Waals surface area contributed by atoms with E-state index in [1.807, 2.05) is 4.90 Å². The van der Waals surface area contributed by atoms with Crippen molar-refractivity contribution in [1.29, 1.82) is 0 Å². The number of hydrogen-bond acceptors (Lipinski definition) is 6. The van der Waals surface area contributed by atoms with E-state index in [1.165, 1.54) is 6.07 Å². The summed E-state index contributed by atoms with van der Waals surface area (Å²) in [4.78, 5) is 2.05. The third-order valence-electron chi connectivity index (χ3n) is 4.33. The summed E-state index contributed by atoms with van der Waals surface area (Å²) in [5, 5.41) is 14.3. The van der Waals surface area contributed by atoms with Gasteiger partial charge in [-0.2, -0.15) is 0 Å². The minimum Gasteiger partial charge on any atom is -0.419 e. The van der Waals surface area contributed by atoms with Gasteiger partial charge in [-0.05, 0) is 42.3 Å². The van der Waals surface area contributed by atoms with Gasteiger partial charge in [-0.3, -0.25) is 0 Å². The van der Waals surface area contributed by atoms with Crippen molar-refractivity contribution in [2.75, 3.05) is 11.4 Å². The van der Waals surface area contributed by atoms with Crippen LogP contribution in [0.25, 0.3) is 11.5 Å². The summed E-state index contributed by atoms with van der Waals surface area (Å²) in [6.45, 7) is 1.06. The minimum atomic E-state index is -3.76. The van der Waals surface area contributed by atoms with Crippen LogP contribution in [0.15, 0.2) is 45.7 Å². The van der Waals surface area contributed by atoms with E-state index in [4.69, 9.17) is 32.8 Å². The van der Waals surface area contributed by atoms with Gasteiger partial charge in [0.05, 0.1) is 22.0 Å². The zero-order chi connectivity index (χ0) is 19.2. The number of halogens is 2. The SMILES string of the molecule is NS(=O)(=O)c1ccc2c(c1)N(Cc1nnc(-c3ccc(Cl)cc3Cl)o1)CC2. The molecule has 27 heavy (non-hydrogen) atoms. The van der Waals surface area contributed by atoms with Crippen LogP contribution in [0, 0.1) is 0 Å². The average Bonchev–Trinajstić information content (AvgIpc) is 3.21. The minimum absolute atomic E-state index is 0.0762.